The molecule has 16 heavy (non-hydrogen) atoms. The third-order valence-electron chi connectivity index (χ3n) is 2.97. The molecular weight excluding hydrogens is 228 g/mol. The summed E-state index contributed by atoms with van der Waals surface area (Å²) >= 11 is 0. The lowest BCUT2D eigenvalue weighted by molar-refractivity contribution is -0.00803. The normalized spacial score (nSPS) is 19.9. The molecule has 0 aromatic rings. The summed E-state index contributed by atoms with van der Waals surface area (Å²) in [5.74, 6) is 0.131. The maximum Gasteiger partial charge on any atom is 0.211 e. The minimum absolute atomic E-state index is 0.131. The fourth-order valence-electron chi connectivity index (χ4n) is 1.67. The van der Waals surface area contributed by atoms with Gasteiger partial charge in [-0.05, 0) is 20.8 Å². The Kier molecular flexibility index (Phi) is 4.73. The van der Waals surface area contributed by atoms with Gasteiger partial charge in [0.1, 0.15) is 0 Å². The maximum atomic E-state index is 11.4. The van der Waals surface area contributed by atoms with Gasteiger partial charge in [-0.1, -0.05) is 0 Å². The van der Waals surface area contributed by atoms with E-state index in [0.29, 0.717) is 6.54 Å². The molecule has 1 aliphatic rings. The average Bonchev–Trinajstić information content (AvgIpc) is 2.28. The first-order valence-electron chi connectivity index (χ1n) is 5.67. The van der Waals surface area contributed by atoms with E-state index in [9.17, 15) is 8.42 Å². The van der Waals surface area contributed by atoms with Gasteiger partial charge in [-0.2, -0.15) is 0 Å². The zero-order chi connectivity index (χ0) is 12.2. The average molecular weight is 250 g/mol. The van der Waals surface area contributed by atoms with Crippen molar-refractivity contribution in [3.8, 4) is 0 Å². The van der Waals surface area contributed by atoms with E-state index in [1.54, 1.807) is 6.92 Å². The van der Waals surface area contributed by atoms with Crippen molar-refractivity contribution in [2.45, 2.75) is 26.3 Å². The van der Waals surface area contributed by atoms with Gasteiger partial charge >= 0.3 is 0 Å². The monoisotopic (exact) mass is 250 g/mol. The summed E-state index contributed by atoms with van der Waals surface area (Å²) in [6.45, 7) is 9.37. The molecule has 0 bridgehead atoms. The highest BCUT2D eigenvalue weighted by Gasteiger charge is 2.29. The zero-order valence-electron chi connectivity index (χ0n) is 10.3. The van der Waals surface area contributed by atoms with Crippen molar-refractivity contribution in [1.82, 2.24) is 9.62 Å². The first-order chi connectivity index (χ1) is 7.37. The van der Waals surface area contributed by atoms with Gasteiger partial charge in [0.05, 0.1) is 19.0 Å². The van der Waals surface area contributed by atoms with Crippen LogP contribution in [0.4, 0.5) is 0 Å². The summed E-state index contributed by atoms with van der Waals surface area (Å²) < 4.78 is 30.7. The molecule has 0 spiro atoms. The predicted octanol–water partition coefficient (Wildman–Crippen LogP) is 0.0365. The second-order valence-corrected chi connectivity index (χ2v) is 6.73. The third-order valence-corrected chi connectivity index (χ3v) is 4.32. The summed E-state index contributed by atoms with van der Waals surface area (Å²) in [6.07, 6.45) is 0. The summed E-state index contributed by atoms with van der Waals surface area (Å²) in [6, 6.07) is 0. The van der Waals surface area contributed by atoms with Gasteiger partial charge < -0.3 is 4.74 Å². The number of morpholine rings is 1. The molecule has 6 heteroatoms. The van der Waals surface area contributed by atoms with Gasteiger partial charge in [-0.25, -0.2) is 13.1 Å². The van der Waals surface area contributed by atoms with Crippen molar-refractivity contribution in [3.63, 3.8) is 0 Å². The van der Waals surface area contributed by atoms with Gasteiger partial charge in [0.25, 0.3) is 0 Å². The standard InChI is InChI=1S/C10H22N2O3S/c1-4-16(13,14)11-9-10(2,3)12-5-7-15-8-6-12/h11H,4-9H2,1-3H3. The van der Waals surface area contributed by atoms with Crippen LogP contribution in [0.25, 0.3) is 0 Å². The Balaban J connectivity index is 2.50. The Bertz CT molecular complexity index is 308. The lowest BCUT2D eigenvalue weighted by Gasteiger charge is -2.40. The molecule has 0 aliphatic carbocycles. The molecule has 0 radical (unpaired) electrons. The van der Waals surface area contributed by atoms with E-state index < -0.39 is 10.0 Å². The molecule has 0 aromatic carbocycles. The highest BCUT2D eigenvalue weighted by molar-refractivity contribution is 7.89. The summed E-state index contributed by atoms with van der Waals surface area (Å²) in [5.41, 5.74) is -0.161. The summed E-state index contributed by atoms with van der Waals surface area (Å²) in [4.78, 5) is 2.26. The van der Waals surface area contributed by atoms with E-state index in [2.05, 4.69) is 23.5 Å². The number of hydrogen-bond acceptors (Lipinski definition) is 4. The Morgan fingerprint density at radius 2 is 1.88 bits per heavy atom. The van der Waals surface area contributed by atoms with E-state index >= 15 is 0 Å². The van der Waals surface area contributed by atoms with Gasteiger partial charge in [0, 0.05) is 25.2 Å². The van der Waals surface area contributed by atoms with Crippen LogP contribution < -0.4 is 4.72 Å². The Labute approximate surface area is 98.2 Å². The zero-order valence-corrected chi connectivity index (χ0v) is 11.1. The number of ether oxygens (including phenoxy) is 1. The first-order valence-corrected chi connectivity index (χ1v) is 7.33. The SMILES string of the molecule is CCS(=O)(=O)NCC(C)(C)N1CCOCC1. The fraction of sp³-hybridized carbons (Fsp3) is 1.00. The van der Waals surface area contributed by atoms with E-state index in [-0.39, 0.29) is 11.3 Å². The van der Waals surface area contributed by atoms with Crippen LogP contribution in [0.15, 0.2) is 0 Å². The van der Waals surface area contributed by atoms with E-state index in [1.807, 2.05) is 0 Å². The topological polar surface area (TPSA) is 58.6 Å². The molecule has 1 aliphatic heterocycles. The van der Waals surface area contributed by atoms with Crippen LogP contribution in [0.1, 0.15) is 20.8 Å². The van der Waals surface area contributed by atoms with Crippen LogP contribution in [0.5, 0.6) is 0 Å². The molecule has 5 nitrogen and oxygen atoms in total. The minimum atomic E-state index is -3.10. The first kappa shape index (κ1) is 13.9. The molecule has 1 rings (SSSR count). The van der Waals surface area contributed by atoms with Crippen LogP contribution in [0.2, 0.25) is 0 Å². The number of rotatable bonds is 5. The lowest BCUT2D eigenvalue weighted by Crippen LogP contribution is -2.55. The molecule has 0 unspecified atom stereocenters. The highest BCUT2D eigenvalue weighted by atomic mass is 32.2. The molecule has 96 valence electrons. The van der Waals surface area contributed by atoms with E-state index in [0.717, 1.165) is 26.3 Å². The van der Waals surface area contributed by atoms with Crippen LogP contribution in [-0.4, -0.2) is 57.5 Å². The summed E-state index contributed by atoms with van der Waals surface area (Å²) in [5, 5.41) is 0. The smallest absolute Gasteiger partial charge is 0.211 e. The van der Waals surface area contributed by atoms with Crippen molar-refractivity contribution in [1.29, 1.82) is 0 Å². The van der Waals surface area contributed by atoms with Gasteiger partial charge in [-0.15, -0.1) is 0 Å². The largest absolute Gasteiger partial charge is 0.379 e. The Morgan fingerprint density at radius 3 is 2.38 bits per heavy atom. The predicted molar refractivity (Wildman–Crippen MR) is 63.9 cm³/mol. The molecule has 0 saturated carbocycles. The number of sulfonamides is 1. The van der Waals surface area contributed by atoms with Crippen LogP contribution in [0.3, 0.4) is 0 Å². The molecule has 0 aromatic heterocycles. The van der Waals surface area contributed by atoms with Crippen molar-refractivity contribution in [2.75, 3.05) is 38.6 Å². The van der Waals surface area contributed by atoms with Crippen molar-refractivity contribution in [2.24, 2.45) is 0 Å². The van der Waals surface area contributed by atoms with Crippen LogP contribution >= 0.6 is 0 Å². The van der Waals surface area contributed by atoms with Crippen molar-refractivity contribution < 1.29 is 13.2 Å². The van der Waals surface area contributed by atoms with Gasteiger partial charge in [0.15, 0.2) is 0 Å². The maximum absolute atomic E-state index is 11.4. The molecule has 0 atom stereocenters. The number of hydrogen-bond donors (Lipinski definition) is 1. The quantitative estimate of drug-likeness (QED) is 0.748. The lowest BCUT2D eigenvalue weighted by atomic mass is 10.0. The fourth-order valence-corrected chi connectivity index (χ4v) is 2.45. The van der Waals surface area contributed by atoms with Crippen LogP contribution in [-0.2, 0) is 14.8 Å². The van der Waals surface area contributed by atoms with Gasteiger partial charge in [-0.3, -0.25) is 4.90 Å². The number of nitrogens with zero attached hydrogens (tertiary/aromatic N) is 1. The molecule has 1 N–H and O–H groups in total. The van der Waals surface area contributed by atoms with Gasteiger partial charge in [0.2, 0.25) is 10.0 Å². The molecule has 0 amide bonds. The molecule has 1 fully saturated rings. The highest BCUT2D eigenvalue weighted by Crippen LogP contribution is 2.15. The van der Waals surface area contributed by atoms with Crippen LogP contribution in [0, 0.1) is 0 Å². The van der Waals surface area contributed by atoms with E-state index in [4.69, 9.17) is 4.74 Å². The number of nitrogens with one attached hydrogen (secondary N) is 1. The van der Waals surface area contributed by atoms with Crippen molar-refractivity contribution >= 4 is 10.0 Å². The second-order valence-electron chi connectivity index (χ2n) is 4.64. The molecule has 1 saturated heterocycles. The minimum Gasteiger partial charge on any atom is -0.379 e. The molecular formula is C10H22N2O3S. The third kappa shape index (κ3) is 4.01. The molecule has 1 heterocycles. The van der Waals surface area contributed by atoms with Crippen molar-refractivity contribution in [3.05, 3.63) is 0 Å². The second kappa shape index (κ2) is 5.44. The van der Waals surface area contributed by atoms with E-state index in [1.165, 1.54) is 0 Å². The Morgan fingerprint density at radius 1 is 1.31 bits per heavy atom. The Hall–Kier alpha value is -0.170. The summed E-state index contributed by atoms with van der Waals surface area (Å²) in [7, 11) is -3.10.